The third kappa shape index (κ3) is 5.75. The second-order valence-corrected chi connectivity index (χ2v) is 5.27. The van der Waals surface area contributed by atoms with Gasteiger partial charge in [0, 0.05) is 21.2 Å². The van der Waals surface area contributed by atoms with Crippen molar-refractivity contribution < 1.29 is 0 Å². The fraction of sp³-hybridized carbons (Fsp3) is 0.294. The maximum atomic E-state index is 8.36. The molecular weight excluding hydrogens is 288 g/mol. The van der Waals surface area contributed by atoms with Crippen molar-refractivity contribution in [1.29, 1.82) is 0 Å². The predicted molar refractivity (Wildman–Crippen MR) is 91.8 cm³/mol. The lowest BCUT2D eigenvalue weighted by atomic mass is 10.0. The first-order chi connectivity index (χ1) is 11.3. The van der Waals surface area contributed by atoms with E-state index in [0.29, 0.717) is 11.4 Å². The largest absolute Gasteiger partial charge is 0.0608 e. The minimum absolute atomic E-state index is 0.653. The van der Waals surface area contributed by atoms with Gasteiger partial charge in [0.15, 0.2) is 0 Å². The molecule has 0 aliphatic carbocycles. The molecule has 0 saturated carbocycles. The van der Waals surface area contributed by atoms with Crippen LogP contribution in [0, 0.1) is 0 Å². The number of benzene rings is 2. The monoisotopic (exact) mass is 306 g/mol. The number of aryl methyl sites for hydroxylation is 2. The van der Waals surface area contributed by atoms with Crippen molar-refractivity contribution in [3.63, 3.8) is 0 Å². The van der Waals surface area contributed by atoms with E-state index in [1.807, 2.05) is 48.5 Å². The zero-order chi connectivity index (χ0) is 16.3. The summed E-state index contributed by atoms with van der Waals surface area (Å²) < 4.78 is 0. The lowest BCUT2D eigenvalue weighted by molar-refractivity contribution is 0.678. The van der Waals surface area contributed by atoms with Gasteiger partial charge in [0.2, 0.25) is 0 Å². The quantitative estimate of drug-likeness (QED) is 0.229. The van der Waals surface area contributed by atoms with Gasteiger partial charge in [-0.3, -0.25) is 0 Å². The number of unbranched alkanes of at least 4 members (excludes halogenated alkanes) is 2. The average molecular weight is 306 g/mol. The minimum atomic E-state index is 0.653. The maximum Gasteiger partial charge on any atom is 0.0375 e. The molecule has 0 aromatic heterocycles. The lowest BCUT2D eigenvalue weighted by Gasteiger charge is -2.04. The molecule has 0 spiro atoms. The number of hydrogen-bond donors (Lipinski definition) is 0. The first-order valence-electron chi connectivity index (χ1n) is 7.60. The van der Waals surface area contributed by atoms with Gasteiger partial charge in [0.1, 0.15) is 0 Å². The van der Waals surface area contributed by atoms with Gasteiger partial charge in [-0.2, -0.15) is 0 Å². The van der Waals surface area contributed by atoms with Crippen LogP contribution in [0.1, 0.15) is 30.4 Å². The first-order valence-corrected chi connectivity index (χ1v) is 7.60. The van der Waals surface area contributed by atoms with Crippen molar-refractivity contribution in [2.75, 3.05) is 0 Å². The van der Waals surface area contributed by atoms with Crippen molar-refractivity contribution in [2.24, 2.45) is 10.2 Å². The Morgan fingerprint density at radius 2 is 1.00 bits per heavy atom. The van der Waals surface area contributed by atoms with E-state index in [1.165, 1.54) is 11.1 Å². The number of hydrogen-bond acceptors (Lipinski definition) is 2. The molecule has 0 radical (unpaired) electrons. The molecule has 0 atom stereocenters. The standard InChI is InChI=1S/C17H18N6/c18-22-20-16-10-6-14(7-11-16)4-2-1-3-5-15-8-12-17(13-9-15)21-23-19/h6-13H,1-5H2. The average Bonchev–Trinajstić information content (AvgIpc) is 2.58. The Kier molecular flexibility index (Phi) is 6.54. The summed E-state index contributed by atoms with van der Waals surface area (Å²) in [6.45, 7) is 0. The van der Waals surface area contributed by atoms with Gasteiger partial charge in [-0.15, -0.1) is 0 Å². The molecule has 116 valence electrons. The van der Waals surface area contributed by atoms with Gasteiger partial charge in [-0.1, -0.05) is 65.2 Å². The molecular formula is C17H18N6. The number of rotatable bonds is 8. The smallest absolute Gasteiger partial charge is 0.0375 e. The van der Waals surface area contributed by atoms with Crippen molar-refractivity contribution in [2.45, 2.75) is 32.1 Å². The second-order valence-electron chi connectivity index (χ2n) is 5.27. The van der Waals surface area contributed by atoms with E-state index >= 15 is 0 Å². The van der Waals surface area contributed by atoms with E-state index in [2.05, 4.69) is 20.1 Å². The van der Waals surface area contributed by atoms with Crippen molar-refractivity contribution in [1.82, 2.24) is 0 Å². The van der Waals surface area contributed by atoms with E-state index in [9.17, 15) is 0 Å². The summed E-state index contributed by atoms with van der Waals surface area (Å²) in [5.74, 6) is 0. The molecule has 0 fully saturated rings. The summed E-state index contributed by atoms with van der Waals surface area (Å²) in [4.78, 5) is 5.54. The predicted octanol–water partition coefficient (Wildman–Crippen LogP) is 6.53. The van der Waals surface area contributed by atoms with Crippen LogP contribution in [0.15, 0.2) is 58.8 Å². The third-order valence-corrected chi connectivity index (χ3v) is 3.62. The Morgan fingerprint density at radius 1 is 0.609 bits per heavy atom. The van der Waals surface area contributed by atoms with Crippen LogP contribution >= 0.6 is 0 Å². The highest BCUT2D eigenvalue weighted by molar-refractivity contribution is 5.39. The minimum Gasteiger partial charge on any atom is -0.0608 e. The van der Waals surface area contributed by atoms with Crippen molar-refractivity contribution in [3.8, 4) is 0 Å². The van der Waals surface area contributed by atoms with E-state index in [1.54, 1.807) is 0 Å². The third-order valence-electron chi connectivity index (χ3n) is 3.62. The summed E-state index contributed by atoms with van der Waals surface area (Å²) >= 11 is 0. The fourth-order valence-electron chi connectivity index (χ4n) is 2.40. The molecule has 6 heteroatoms. The van der Waals surface area contributed by atoms with Crippen molar-refractivity contribution in [3.05, 3.63) is 80.5 Å². The van der Waals surface area contributed by atoms with Gasteiger partial charge in [0.05, 0.1) is 0 Å². The molecule has 6 nitrogen and oxygen atoms in total. The maximum absolute atomic E-state index is 8.36. The zero-order valence-electron chi connectivity index (χ0n) is 12.8. The molecule has 0 aliphatic rings. The molecule has 0 aliphatic heterocycles. The summed E-state index contributed by atoms with van der Waals surface area (Å²) in [6.07, 6.45) is 5.50. The second kappa shape index (κ2) is 9.15. The van der Waals surface area contributed by atoms with Crippen LogP contribution in [-0.4, -0.2) is 0 Å². The van der Waals surface area contributed by atoms with E-state index in [4.69, 9.17) is 11.1 Å². The van der Waals surface area contributed by atoms with Gasteiger partial charge < -0.3 is 0 Å². The lowest BCUT2D eigenvalue weighted by Crippen LogP contribution is -1.88. The van der Waals surface area contributed by atoms with E-state index in [-0.39, 0.29) is 0 Å². The highest BCUT2D eigenvalue weighted by Crippen LogP contribution is 2.17. The van der Waals surface area contributed by atoms with Gasteiger partial charge in [-0.25, -0.2) is 0 Å². The van der Waals surface area contributed by atoms with Crippen LogP contribution < -0.4 is 0 Å². The normalized spacial score (nSPS) is 9.74. The van der Waals surface area contributed by atoms with Crippen LogP contribution in [0.2, 0.25) is 0 Å². The molecule has 0 N–H and O–H groups in total. The van der Waals surface area contributed by atoms with Gasteiger partial charge in [0.25, 0.3) is 0 Å². The summed E-state index contributed by atoms with van der Waals surface area (Å²) in [6, 6.07) is 15.4. The molecule has 2 aromatic rings. The Bertz CT molecular complexity index is 644. The van der Waals surface area contributed by atoms with Crippen LogP contribution in [0.5, 0.6) is 0 Å². The summed E-state index contributed by atoms with van der Waals surface area (Å²) in [5.41, 5.74) is 20.6. The molecule has 2 aromatic carbocycles. The Hall–Kier alpha value is -2.94. The molecule has 0 saturated heterocycles. The molecule has 2 rings (SSSR count). The SMILES string of the molecule is [N-]=[N+]=Nc1ccc(CCCCCc2ccc(N=[N+]=[N-])cc2)cc1. The Labute approximate surface area is 135 Å². The fourth-order valence-corrected chi connectivity index (χ4v) is 2.40. The van der Waals surface area contributed by atoms with Crippen LogP contribution in [0.25, 0.3) is 20.9 Å². The topological polar surface area (TPSA) is 97.5 Å². The summed E-state index contributed by atoms with van der Waals surface area (Å²) in [5, 5.41) is 7.13. The first kappa shape index (κ1) is 16.4. The number of nitrogens with zero attached hydrogens (tertiary/aromatic N) is 6. The van der Waals surface area contributed by atoms with Crippen LogP contribution in [0.3, 0.4) is 0 Å². The zero-order valence-corrected chi connectivity index (χ0v) is 12.8. The molecule has 23 heavy (non-hydrogen) atoms. The Morgan fingerprint density at radius 3 is 1.35 bits per heavy atom. The highest BCUT2D eigenvalue weighted by Gasteiger charge is 1.97. The molecule has 0 heterocycles. The molecule has 0 amide bonds. The number of azide groups is 2. The van der Waals surface area contributed by atoms with Gasteiger partial charge in [-0.05, 0) is 47.9 Å². The Balaban J connectivity index is 1.69. The molecule has 0 bridgehead atoms. The molecule has 0 unspecified atom stereocenters. The van der Waals surface area contributed by atoms with E-state index in [0.717, 1.165) is 32.1 Å². The summed E-state index contributed by atoms with van der Waals surface area (Å²) in [7, 11) is 0. The van der Waals surface area contributed by atoms with Crippen LogP contribution in [0.4, 0.5) is 11.4 Å². The van der Waals surface area contributed by atoms with E-state index < -0.39 is 0 Å². The van der Waals surface area contributed by atoms with Crippen molar-refractivity contribution >= 4 is 11.4 Å². The van der Waals surface area contributed by atoms with Crippen LogP contribution in [-0.2, 0) is 12.8 Å². The van der Waals surface area contributed by atoms with Gasteiger partial charge >= 0.3 is 0 Å². The highest BCUT2D eigenvalue weighted by atomic mass is 15.1.